The Labute approximate surface area is 173 Å². The smallest absolute Gasteiger partial charge is 0.323 e. The van der Waals surface area contributed by atoms with Gasteiger partial charge in [-0.1, -0.05) is 86.5 Å². The predicted molar refractivity (Wildman–Crippen MR) is 114 cm³/mol. The van der Waals surface area contributed by atoms with Crippen LogP contribution >= 0.6 is 0 Å². The minimum absolute atomic E-state index is 0.0619. The highest BCUT2D eigenvalue weighted by Gasteiger charge is 2.50. The number of carbonyl (C=O) groups excluding carboxylic acids is 2. The van der Waals surface area contributed by atoms with Gasteiger partial charge in [0.2, 0.25) is 0 Å². The molecule has 0 heterocycles. The van der Waals surface area contributed by atoms with E-state index >= 15 is 0 Å². The first-order chi connectivity index (χ1) is 13.1. The Kier molecular flexibility index (Phi) is 10.00. The number of unbranched alkanes of at least 4 members (excludes halogenated alkanes) is 2. The van der Waals surface area contributed by atoms with E-state index in [2.05, 4.69) is 41.5 Å². The molecule has 0 aromatic heterocycles. The monoisotopic (exact) mass is 396 g/mol. The predicted octanol–water partition coefficient (Wildman–Crippen LogP) is 6.46. The van der Waals surface area contributed by atoms with Gasteiger partial charge in [-0.2, -0.15) is 0 Å². The van der Waals surface area contributed by atoms with Crippen molar-refractivity contribution in [3.63, 3.8) is 0 Å². The van der Waals surface area contributed by atoms with Crippen molar-refractivity contribution >= 4 is 11.9 Å². The van der Waals surface area contributed by atoms with Crippen molar-refractivity contribution in [1.29, 1.82) is 0 Å². The van der Waals surface area contributed by atoms with Crippen molar-refractivity contribution < 1.29 is 19.1 Å². The largest absolute Gasteiger partial charge is 0.464 e. The van der Waals surface area contributed by atoms with Gasteiger partial charge in [0.1, 0.15) is 0 Å². The zero-order chi connectivity index (χ0) is 21.3. The fourth-order valence-corrected chi connectivity index (χ4v) is 3.90. The van der Waals surface area contributed by atoms with E-state index in [4.69, 9.17) is 9.47 Å². The summed E-state index contributed by atoms with van der Waals surface area (Å²) in [5.74, 6) is -0.735. The van der Waals surface area contributed by atoms with Crippen LogP contribution in [0.25, 0.3) is 0 Å². The SMILES string of the molecule is CCCCC(C)(C)COC(=O)C1(C(=O)OCC(C)(C)CCCC)CCCCC1. The second kappa shape index (κ2) is 11.2. The lowest BCUT2D eigenvalue weighted by Crippen LogP contribution is -2.45. The molecule has 164 valence electrons. The normalized spacial score (nSPS) is 17.2. The van der Waals surface area contributed by atoms with Crippen LogP contribution in [0, 0.1) is 16.2 Å². The molecule has 0 amide bonds. The number of hydrogen-bond acceptors (Lipinski definition) is 4. The summed E-state index contributed by atoms with van der Waals surface area (Å²) in [6.45, 7) is 13.5. The number of hydrogen-bond donors (Lipinski definition) is 0. The molecular formula is C24H44O4. The van der Waals surface area contributed by atoms with Gasteiger partial charge in [-0.05, 0) is 36.5 Å². The van der Waals surface area contributed by atoms with Crippen molar-refractivity contribution in [2.24, 2.45) is 16.2 Å². The topological polar surface area (TPSA) is 52.6 Å². The molecule has 0 atom stereocenters. The molecule has 0 N–H and O–H groups in total. The van der Waals surface area contributed by atoms with Crippen LogP contribution in [0.2, 0.25) is 0 Å². The molecule has 4 nitrogen and oxygen atoms in total. The van der Waals surface area contributed by atoms with Gasteiger partial charge in [-0.15, -0.1) is 0 Å². The Balaban J connectivity index is 2.75. The highest BCUT2D eigenvalue weighted by atomic mass is 16.6. The fraction of sp³-hybridized carbons (Fsp3) is 0.917. The zero-order valence-corrected chi connectivity index (χ0v) is 19.3. The lowest BCUT2D eigenvalue weighted by atomic mass is 9.74. The van der Waals surface area contributed by atoms with Gasteiger partial charge in [0.15, 0.2) is 5.41 Å². The Hall–Kier alpha value is -1.06. The van der Waals surface area contributed by atoms with E-state index in [9.17, 15) is 9.59 Å². The fourth-order valence-electron chi connectivity index (χ4n) is 3.90. The van der Waals surface area contributed by atoms with Crippen LogP contribution in [-0.2, 0) is 19.1 Å². The van der Waals surface area contributed by atoms with Crippen molar-refractivity contribution in [3.05, 3.63) is 0 Å². The molecule has 0 aromatic carbocycles. The Bertz CT molecular complexity index is 449. The number of ether oxygens (including phenoxy) is 2. The molecule has 0 saturated heterocycles. The highest BCUT2D eigenvalue weighted by molar-refractivity contribution is 6.00. The van der Waals surface area contributed by atoms with E-state index in [1.165, 1.54) is 0 Å². The second-order valence-corrected chi connectivity index (χ2v) is 10.3. The van der Waals surface area contributed by atoms with E-state index < -0.39 is 5.41 Å². The van der Waals surface area contributed by atoms with Crippen LogP contribution in [0.4, 0.5) is 0 Å². The lowest BCUT2D eigenvalue weighted by Gasteiger charge is -2.35. The van der Waals surface area contributed by atoms with E-state index in [-0.39, 0.29) is 22.8 Å². The van der Waals surface area contributed by atoms with Crippen LogP contribution < -0.4 is 0 Å². The van der Waals surface area contributed by atoms with Gasteiger partial charge < -0.3 is 9.47 Å². The van der Waals surface area contributed by atoms with Crippen molar-refractivity contribution in [1.82, 2.24) is 0 Å². The average Bonchev–Trinajstić information content (AvgIpc) is 2.67. The van der Waals surface area contributed by atoms with Gasteiger partial charge in [-0.3, -0.25) is 9.59 Å². The standard InChI is InChI=1S/C24H44O4/c1-7-9-14-22(3,4)18-27-20(25)24(16-12-11-13-17-24)21(26)28-19-23(5,6)15-10-8-2/h7-19H2,1-6H3. The molecule has 1 aliphatic rings. The van der Waals surface area contributed by atoms with Crippen LogP contribution in [0.3, 0.4) is 0 Å². The maximum absolute atomic E-state index is 13.1. The molecule has 0 aliphatic heterocycles. The summed E-state index contributed by atoms with van der Waals surface area (Å²) >= 11 is 0. The van der Waals surface area contributed by atoms with Crippen LogP contribution in [-0.4, -0.2) is 25.2 Å². The maximum Gasteiger partial charge on any atom is 0.323 e. The molecule has 0 bridgehead atoms. The molecule has 0 spiro atoms. The van der Waals surface area contributed by atoms with Gasteiger partial charge in [0.05, 0.1) is 13.2 Å². The molecule has 1 fully saturated rings. The van der Waals surface area contributed by atoms with Gasteiger partial charge >= 0.3 is 11.9 Å². The Morgan fingerprint density at radius 2 is 1.14 bits per heavy atom. The summed E-state index contributed by atoms with van der Waals surface area (Å²) in [5.41, 5.74) is -1.22. The summed E-state index contributed by atoms with van der Waals surface area (Å²) in [6, 6.07) is 0. The minimum Gasteiger partial charge on any atom is -0.464 e. The van der Waals surface area contributed by atoms with Crippen molar-refractivity contribution in [2.75, 3.05) is 13.2 Å². The van der Waals surface area contributed by atoms with Crippen molar-refractivity contribution in [3.8, 4) is 0 Å². The maximum atomic E-state index is 13.1. The third kappa shape index (κ3) is 7.75. The average molecular weight is 397 g/mol. The van der Waals surface area contributed by atoms with E-state index in [1.54, 1.807) is 0 Å². The third-order valence-electron chi connectivity index (χ3n) is 6.09. The highest BCUT2D eigenvalue weighted by Crippen LogP contribution is 2.40. The molecule has 1 aliphatic carbocycles. The first kappa shape index (κ1) is 25.0. The number of rotatable bonds is 12. The molecule has 4 heteroatoms. The summed E-state index contributed by atoms with van der Waals surface area (Å²) in [4.78, 5) is 26.1. The van der Waals surface area contributed by atoms with Gasteiger partial charge in [0, 0.05) is 0 Å². The van der Waals surface area contributed by atoms with Gasteiger partial charge in [-0.25, -0.2) is 0 Å². The first-order valence-electron chi connectivity index (χ1n) is 11.4. The molecule has 0 unspecified atom stereocenters. The summed E-state index contributed by atoms with van der Waals surface area (Å²) in [6.07, 6.45) is 10.4. The lowest BCUT2D eigenvalue weighted by molar-refractivity contribution is -0.179. The minimum atomic E-state index is -1.10. The molecule has 1 rings (SSSR count). The van der Waals surface area contributed by atoms with Gasteiger partial charge in [0.25, 0.3) is 0 Å². The third-order valence-corrected chi connectivity index (χ3v) is 6.09. The number of esters is 2. The molecule has 28 heavy (non-hydrogen) atoms. The first-order valence-corrected chi connectivity index (χ1v) is 11.4. The Morgan fingerprint density at radius 3 is 1.50 bits per heavy atom. The molecule has 1 saturated carbocycles. The Morgan fingerprint density at radius 1 is 0.750 bits per heavy atom. The molecule has 0 aromatic rings. The molecular weight excluding hydrogens is 352 g/mol. The van der Waals surface area contributed by atoms with Crippen LogP contribution in [0.1, 0.15) is 112 Å². The molecule has 0 radical (unpaired) electrons. The second-order valence-electron chi connectivity index (χ2n) is 10.3. The number of carbonyl (C=O) groups is 2. The van der Waals surface area contributed by atoms with E-state index in [0.717, 1.165) is 57.8 Å². The van der Waals surface area contributed by atoms with Crippen LogP contribution in [0.15, 0.2) is 0 Å². The van der Waals surface area contributed by atoms with Crippen molar-refractivity contribution in [2.45, 2.75) is 112 Å². The zero-order valence-electron chi connectivity index (χ0n) is 19.3. The van der Waals surface area contributed by atoms with E-state index in [0.29, 0.717) is 26.1 Å². The quantitative estimate of drug-likeness (QED) is 0.281. The summed E-state index contributed by atoms with van der Waals surface area (Å²) in [5, 5.41) is 0. The van der Waals surface area contributed by atoms with E-state index in [1.807, 2.05) is 0 Å². The summed E-state index contributed by atoms with van der Waals surface area (Å²) < 4.78 is 11.4. The summed E-state index contributed by atoms with van der Waals surface area (Å²) in [7, 11) is 0. The van der Waals surface area contributed by atoms with Crippen LogP contribution in [0.5, 0.6) is 0 Å².